The van der Waals surface area contributed by atoms with E-state index in [-0.39, 0.29) is 16.7 Å². The number of nitrogens with one attached hydrogen (secondary N) is 1. The molecule has 1 aliphatic heterocycles. The molecule has 1 heterocycles. The lowest BCUT2D eigenvalue weighted by molar-refractivity contribution is -0.136. The number of carbonyl (C=O) groups excluding carboxylic acids is 2. The Labute approximate surface area is 142 Å². The van der Waals surface area contributed by atoms with Crippen LogP contribution in [0.15, 0.2) is 29.2 Å². The number of rotatable bonds is 4. The topological polar surface area (TPSA) is 83.6 Å². The maximum Gasteiger partial charge on any atom is 0.264 e. The highest BCUT2D eigenvalue weighted by atomic mass is 32.2. The minimum absolute atomic E-state index is 0.106. The molecule has 0 spiro atoms. The van der Waals surface area contributed by atoms with E-state index in [2.05, 4.69) is 4.72 Å². The van der Waals surface area contributed by atoms with Gasteiger partial charge in [0.05, 0.1) is 10.8 Å². The van der Waals surface area contributed by atoms with Crippen molar-refractivity contribution in [2.45, 2.75) is 37.5 Å². The number of likely N-dealkylation sites (tertiary alicyclic amines) is 1. The molecule has 2 aliphatic rings. The molecular weight excluding hydrogens is 328 g/mol. The van der Waals surface area contributed by atoms with Gasteiger partial charge in [-0.2, -0.15) is 0 Å². The standard InChI is InChI=1S/C17H22N2O4S/c1-12-5-2-3-7-15(12)24(22,23)18-16(20)14-6-4-10-19(11-14)17(21)13-8-9-13/h2-3,5,7,13-14H,4,6,8-11H2,1H3,(H,18,20). The summed E-state index contributed by atoms with van der Waals surface area (Å²) in [7, 11) is -3.88. The lowest BCUT2D eigenvalue weighted by Gasteiger charge is -2.32. The molecule has 0 bridgehead atoms. The first-order chi connectivity index (χ1) is 11.4. The molecule has 130 valence electrons. The molecule has 1 saturated heterocycles. The smallest absolute Gasteiger partial charge is 0.264 e. The van der Waals surface area contributed by atoms with E-state index in [0.29, 0.717) is 25.1 Å². The number of benzene rings is 1. The number of amides is 2. The van der Waals surface area contributed by atoms with E-state index < -0.39 is 21.8 Å². The molecule has 1 unspecified atom stereocenters. The molecule has 0 radical (unpaired) electrons. The molecule has 1 aromatic carbocycles. The molecule has 2 fully saturated rings. The van der Waals surface area contributed by atoms with Gasteiger partial charge in [-0.05, 0) is 44.2 Å². The number of hydrogen-bond acceptors (Lipinski definition) is 4. The first kappa shape index (κ1) is 17.0. The van der Waals surface area contributed by atoms with Crippen molar-refractivity contribution in [2.24, 2.45) is 11.8 Å². The summed E-state index contributed by atoms with van der Waals surface area (Å²) in [6.07, 6.45) is 3.17. The maximum atomic E-state index is 12.4. The predicted octanol–water partition coefficient (Wildman–Crippen LogP) is 1.45. The number of hydrogen-bond donors (Lipinski definition) is 1. The van der Waals surface area contributed by atoms with Crippen LogP contribution >= 0.6 is 0 Å². The number of nitrogens with zero attached hydrogens (tertiary/aromatic N) is 1. The third kappa shape index (κ3) is 3.61. The fourth-order valence-corrected chi connectivity index (χ4v) is 4.40. The average molecular weight is 350 g/mol. The second-order valence-corrected chi connectivity index (χ2v) is 8.28. The Hall–Kier alpha value is -1.89. The zero-order valence-electron chi connectivity index (χ0n) is 13.7. The number of carbonyl (C=O) groups is 2. The van der Waals surface area contributed by atoms with Crippen molar-refractivity contribution in [3.63, 3.8) is 0 Å². The molecule has 0 aromatic heterocycles. The number of sulfonamides is 1. The van der Waals surface area contributed by atoms with Crippen molar-refractivity contribution >= 4 is 21.8 Å². The minimum atomic E-state index is -3.88. The predicted molar refractivity (Wildman–Crippen MR) is 88.5 cm³/mol. The monoisotopic (exact) mass is 350 g/mol. The van der Waals surface area contributed by atoms with Crippen LogP contribution in [0.2, 0.25) is 0 Å². The first-order valence-corrected chi connectivity index (χ1v) is 9.78. The molecule has 1 atom stereocenters. The van der Waals surface area contributed by atoms with E-state index in [0.717, 1.165) is 19.3 Å². The van der Waals surface area contributed by atoms with Crippen LogP contribution in [0.25, 0.3) is 0 Å². The Morgan fingerprint density at radius 3 is 2.50 bits per heavy atom. The summed E-state index contributed by atoms with van der Waals surface area (Å²) in [5.41, 5.74) is 0.590. The van der Waals surface area contributed by atoms with Gasteiger partial charge in [0.15, 0.2) is 0 Å². The van der Waals surface area contributed by atoms with Gasteiger partial charge in [-0.25, -0.2) is 13.1 Å². The van der Waals surface area contributed by atoms with Crippen LogP contribution in [0.1, 0.15) is 31.2 Å². The van der Waals surface area contributed by atoms with Crippen molar-refractivity contribution in [1.29, 1.82) is 0 Å². The normalized spacial score (nSPS) is 21.4. The summed E-state index contributed by atoms with van der Waals surface area (Å²) in [5, 5.41) is 0. The number of aryl methyl sites for hydroxylation is 1. The molecule has 1 aromatic rings. The highest BCUT2D eigenvalue weighted by molar-refractivity contribution is 7.90. The highest BCUT2D eigenvalue weighted by Crippen LogP contribution is 2.32. The van der Waals surface area contributed by atoms with Crippen molar-refractivity contribution in [3.8, 4) is 0 Å². The quantitative estimate of drug-likeness (QED) is 0.891. The second-order valence-electron chi connectivity index (χ2n) is 6.63. The maximum absolute atomic E-state index is 12.4. The fraction of sp³-hybridized carbons (Fsp3) is 0.529. The van der Waals surface area contributed by atoms with Gasteiger partial charge in [0.1, 0.15) is 0 Å². The van der Waals surface area contributed by atoms with Crippen LogP contribution in [0.5, 0.6) is 0 Å². The van der Waals surface area contributed by atoms with Gasteiger partial charge in [0.25, 0.3) is 10.0 Å². The summed E-state index contributed by atoms with van der Waals surface area (Å²) >= 11 is 0. The summed E-state index contributed by atoms with van der Waals surface area (Å²) in [5.74, 6) is -0.774. The molecular formula is C17H22N2O4S. The second kappa shape index (κ2) is 6.55. The SMILES string of the molecule is Cc1ccccc1S(=O)(=O)NC(=O)C1CCCN(C(=O)C2CC2)C1. The molecule has 7 heteroatoms. The van der Waals surface area contributed by atoms with Crippen LogP contribution in [0.4, 0.5) is 0 Å². The zero-order valence-corrected chi connectivity index (χ0v) is 14.5. The van der Waals surface area contributed by atoms with Crippen molar-refractivity contribution in [1.82, 2.24) is 9.62 Å². The number of piperidine rings is 1. The molecule has 6 nitrogen and oxygen atoms in total. The molecule has 3 rings (SSSR count). The third-order valence-corrected chi connectivity index (χ3v) is 6.16. The molecule has 1 saturated carbocycles. The molecule has 2 amide bonds. The van der Waals surface area contributed by atoms with Crippen LogP contribution in [-0.4, -0.2) is 38.2 Å². The summed E-state index contributed by atoms with van der Waals surface area (Å²) < 4.78 is 27.0. The molecule has 24 heavy (non-hydrogen) atoms. The highest BCUT2D eigenvalue weighted by Gasteiger charge is 2.37. The molecule has 1 N–H and O–H groups in total. The van der Waals surface area contributed by atoms with Crippen molar-refractivity contribution < 1.29 is 18.0 Å². The third-order valence-electron chi connectivity index (χ3n) is 4.65. The Balaban J connectivity index is 1.67. The Kier molecular flexibility index (Phi) is 4.62. The van der Waals surface area contributed by atoms with Gasteiger partial charge in [-0.3, -0.25) is 9.59 Å². The van der Waals surface area contributed by atoms with Gasteiger partial charge < -0.3 is 4.90 Å². The van der Waals surface area contributed by atoms with Crippen molar-refractivity contribution in [3.05, 3.63) is 29.8 Å². The van der Waals surface area contributed by atoms with E-state index >= 15 is 0 Å². The van der Waals surface area contributed by atoms with E-state index in [1.165, 1.54) is 6.07 Å². The van der Waals surface area contributed by atoms with E-state index in [1.54, 1.807) is 30.0 Å². The van der Waals surface area contributed by atoms with Gasteiger partial charge in [-0.1, -0.05) is 18.2 Å². The molecule has 1 aliphatic carbocycles. The van der Waals surface area contributed by atoms with Crippen molar-refractivity contribution in [2.75, 3.05) is 13.1 Å². The lowest BCUT2D eigenvalue weighted by atomic mass is 9.97. The van der Waals surface area contributed by atoms with Crippen LogP contribution < -0.4 is 4.72 Å². The van der Waals surface area contributed by atoms with Crippen LogP contribution in [0.3, 0.4) is 0 Å². The first-order valence-electron chi connectivity index (χ1n) is 8.29. The Morgan fingerprint density at radius 2 is 1.83 bits per heavy atom. The lowest BCUT2D eigenvalue weighted by Crippen LogP contribution is -2.47. The van der Waals surface area contributed by atoms with E-state index in [1.807, 2.05) is 0 Å². The van der Waals surface area contributed by atoms with Crippen LogP contribution in [-0.2, 0) is 19.6 Å². The van der Waals surface area contributed by atoms with Gasteiger partial charge in [-0.15, -0.1) is 0 Å². The van der Waals surface area contributed by atoms with E-state index in [9.17, 15) is 18.0 Å². The Morgan fingerprint density at radius 1 is 1.12 bits per heavy atom. The van der Waals surface area contributed by atoms with Crippen LogP contribution in [0, 0.1) is 18.8 Å². The largest absolute Gasteiger partial charge is 0.342 e. The minimum Gasteiger partial charge on any atom is -0.342 e. The van der Waals surface area contributed by atoms with Gasteiger partial charge >= 0.3 is 0 Å². The Bertz CT molecular complexity index is 756. The summed E-state index contributed by atoms with van der Waals surface area (Å²) in [4.78, 5) is 26.4. The van der Waals surface area contributed by atoms with Gasteiger partial charge in [0, 0.05) is 19.0 Å². The van der Waals surface area contributed by atoms with Gasteiger partial charge in [0.2, 0.25) is 11.8 Å². The zero-order chi connectivity index (χ0) is 17.3. The average Bonchev–Trinajstić information content (AvgIpc) is 3.39. The van der Waals surface area contributed by atoms with E-state index in [4.69, 9.17) is 0 Å². The summed E-state index contributed by atoms with van der Waals surface area (Å²) in [6.45, 7) is 2.66. The fourth-order valence-electron chi connectivity index (χ4n) is 3.11. The summed E-state index contributed by atoms with van der Waals surface area (Å²) in [6, 6.07) is 6.55.